The van der Waals surface area contributed by atoms with Gasteiger partial charge in [0.15, 0.2) is 0 Å². The second kappa shape index (κ2) is 8.93. The molecule has 0 aliphatic heterocycles. The molecule has 126 valence electrons. The van der Waals surface area contributed by atoms with Crippen LogP contribution in [0.15, 0.2) is 53.6 Å². The van der Waals surface area contributed by atoms with Crippen molar-refractivity contribution in [2.75, 3.05) is 6.61 Å². The molecule has 0 atom stereocenters. The van der Waals surface area contributed by atoms with Gasteiger partial charge in [0.05, 0.1) is 12.3 Å². The van der Waals surface area contributed by atoms with Crippen molar-refractivity contribution < 1.29 is 14.3 Å². The van der Waals surface area contributed by atoms with Crippen molar-refractivity contribution in [3.05, 3.63) is 64.7 Å². The number of halogens is 1. The fourth-order valence-corrected chi connectivity index (χ4v) is 2.02. The van der Waals surface area contributed by atoms with E-state index in [0.717, 1.165) is 16.9 Å². The molecule has 0 saturated carbocycles. The van der Waals surface area contributed by atoms with Crippen LogP contribution in [0.2, 0.25) is 5.02 Å². The van der Waals surface area contributed by atoms with E-state index in [1.54, 1.807) is 13.8 Å². The largest absolute Gasteiger partial charge is 0.489 e. The summed E-state index contributed by atoms with van der Waals surface area (Å²) in [5.74, 6) is 0.750. The van der Waals surface area contributed by atoms with E-state index in [1.807, 2.05) is 48.5 Å². The molecular formula is C18H19ClN2O3. The van der Waals surface area contributed by atoms with E-state index in [4.69, 9.17) is 21.1 Å². The van der Waals surface area contributed by atoms with Crippen LogP contribution >= 0.6 is 11.6 Å². The molecule has 0 fully saturated rings. The van der Waals surface area contributed by atoms with Crippen molar-refractivity contribution in [3.8, 4) is 5.75 Å². The van der Waals surface area contributed by atoms with E-state index in [9.17, 15) is 4.79 Å². The normalized spacial score (nSPS) is 11.0. The van der Waals surface area contributed by atoms with Crippen LogP contribution in [-0.2, 0) is 11.3 Å². The Labute approximate surface area is 146 Å². The molecule has 0 saturated heterocycles. The van der Waals surface area contributed by atoms with E-state index in [0.29, 0.717) is 23.9 Å². The second-order valence-electron chi connectivity index (χ2n) is 4.97. The highest BCUT2D eigenvalue weighted by Crippen LogP contribution is 2.16. The molecule has 0 heterocycles. The number of hydrogen-bond donors (Lipinski definition) is 1. The van der Waals surface area contributed by atoms with Gasteiger partial charge in [-0.05, 0) is 61.4 Å². The monoisotopic (exact) mass is 346 g/mol. The zero-order valence-corrected chi connectivity index (χ0v) is 14.3. The van der Waals surface area contributed by atoms with Gasteiger partial charge >= 0.3 is 6.09 Å². The first-order valence-corrected chi connectivity index (χ1v) is 7.91. The van der Waals surface area contributed by atoms with Crippen LogP contribution in [0.4, 0.5) is 4.79 Å². The smallest absolute Gasteiger partial charge is 0.427 e. The van der Waals surface area contributed by atoms with Crippen LogP contribution in [0.3, 0.4) is 0 Å². The maximum Gasteiger partial charge on any atom is 0.427 e. The van der Waals surface area contributed by atoms with Gasteiger partial charge in [-0.15, -0.1) is 0 Å². The van der Waals surface area contributed by atoms with Crippen LogP contribution in [0.25, 0.3) is 0 Å². The molecular weight excluding hydrogens is 328 g/mol. The molecule has 2 rings (SSSR count). The number of ether oxygens (including phenoxy) is 2. The zero-order valence-electron chi connectivity index (χ0n) is 13.6. The average molecular weight is 347 g/mol. The number of benzene rings is 2. The summed E-state index contributed by atoms with van der Waals surface area (Å²) in [5.41, 5.74) is 4.93. The van der Waals surface area contributed by atoms with Crippen molar-refractivity contribution in [3.63, 3.8) is 0 Å². The Morgan fingerprint density at radius 2 is 1.79 bits per heavy atom. The van der Waals surface area contributed by atoms with Crippen molar-refractivity contribution in [1.29, 1.82) is 0 Å². The molecule has 6 heteroatoms. The van der Waals surface area contributed by atoms with Gasteiger partial charge in [0.2, 0.25) is 0 Å². The molecule has 0 aliphatic rings. The van der Waals surface area contributed by atoms with Gasteiger partial charge < -0.3 is 9.47 Å². The summed E-state index contributed by atoms with van der Waals surface area (Å²) in [6.45, 7) is 4.31. The number of hydrogen-bond acceptors (Lipinski definition) is 4. The quantitative estimate of drug-likeness (QED) is 0.623. The van der Waals surface area contributed by atoms with Crippen molar-refractivity contribution >= 4 is 23.4 Å². The lowest BCUT2D eigenvalue weighted by Gasteiger charge is -2.08. The number of nitrogens with one attached hydrogen (secondary N) is 1. The van der Waals surface area contributed by atoms with Crippen molar-refractivity contribution in [2.24, 2.45) is 5.10 Å². The van der Waals surface area contributed by atoms with E-state index in [1.165, 1.54) is 0 Å². The second-order valence-corrected chi connectivity index (χ2v) is 5.41. The Morgan fingerprint density at radius 3 is 2.42 bits per heavy atom. The van der Waals surface area contributed by atoms with Crippen LogP contribution in [0, 0.1) is 0 Å². The van der Waals surface area contributed by atoms with Gasteiger partial charge in [0.25, 0.3) is 0 Å². The predicted molar refractivity (Wildman–Crippen MR) is 94.6 cm³/mol. The van der Waals surface area contributed by atoms with Crippen molar-refractivity contribution in [2.45, 2.75) is 20.5 Å². The molecule has 0 radical (unpaired) electrons. The average Bonchev–Trinajstić information content (AvgIpc) is 2.60. The van der Waals surface area contributed by atoms with Gasteiger partial charge in [-0.3, -0.25) is 0 Å². The summed E-state index contributed by atoms with van der Waals surface area (Å²) < 4.78 is 10.5. The van der Waals surface area contributed by atoms with Crippen LogP contribution in [-0.4, -0.2) is 18.4 Å². The SMILES string of the molecule is CCOC(=O)N/N=C(/C)c1ccc(OCc2ccc(Cl)cc2)cc1. The lowest BCUT2D eigenvalue weighted by Crippen LogP contribution is -2.20. The molecule has 1 N–H and O–H groups in total. The molecule has 24 heavy (non-hydrogen) atoms. The first-order valence-electron chi connectivity index (χ1n) is 7.53. The third-order valence-electron chi connectivity index (χ3n) is 3.18. The highest BCUT2D eigenvalue weighted by Gasteiger charge is 2.02. The molecule has 1 amide bonds. The highest BCUT2D eigenvalue weighted by molar-refractivity contribution is 6.30. The minimum atomic E-state index is -0.570. The molecule has 5 nitrogen and oxygen atoms in total. The van der Waals surface area contributed by atoms with Gasteiger partial charge in [0.1, 0.15) is 12.4 Å². The lowest BCUT2D eigenvalue weighted by atomic mass is 10.1. The van der Waals surface area contributed by atoms with Crippen LogP contribution in [0.1, 0.15) is 25.0 Å². The van der Waals surface area contributed by atoms with E-state index in [-0.39, 0.29) is 0 Å². The maximum absolute atomic E-state index is 11.2. The van der Waals surface area contributed by atoms with Gasteiger partial charge in [-0.2, -0.15) is 5.10 Å². The molecule has 0 spiro atoms. The Balaban J connectivity index is 1.91. The topological polar surface area (TPSA) is 59.9 Å². The number of rotatable bonds is 6. The number of amides is 1. The Morgan fingerprint density at radius 1 is 1.12 bits per heavy atom. The number of hydrazone groups is 1. The van der Waals surface area contributed by atoms with E-state index in [2.05, 4.69) is 10.5 Å². The van der Waals surface area contributed by atoms with Crippen LogP contribution in [0.5, 0.6) is 5.75 Å². The minimum absolute atomic E-state index is 0.306. The minimum Gasteiger partial charge on any atom is -0.489 e. The molecule has 0 aliphatic carbocycles. The first-order chi connectivity index (χ1) is 11.6. The molecule has 0 bridgehead atoms. The third kappa shape index (κ3) is 5.59. The van der Waals surface area contributed by atoms with Gasteiger partial charge in [-0.1, -0.05) is 23.7 Å². The van der Waals surface area contributed by atoms with E-state index >= 15 is 0 Å². The van der Waals surface area contributed by atoms with Gasteiger partial charge in [0, 0.05) is 5.02 Å². The Kier molecular flexibility index (Phi) is 6.63. The number of carbonyl (C=O) groups excluding carboxylic acids is 1. The maximum atomic E-state index is 11.2. The number of nitrogens with zero attached hydrogens (tertiary/aromatic N) is 1. The molecule has 2 aromatic carbocycles. The molecule has 0 unspecified atom stereocenters. The predicted octanol–water partition coefficient (Wildman–Crippen LogP) is 4.39. The fourth-order valence-electron chi connectivity index (χ4n) is 1.90. The summed E-state index contributed by atoms with van der Waals surface area (Å²) in [6.07, 6.45) is -0.570. The summed E-state index contributed by atoms with van der Waals surface area (Å²) in [7, 11) is 0. The van der Waals surface area contributed by atoms with Gasteiger partial charge in [-0.25, -0.2) is 10.2 Å². The summed E-state index contributed by atoms with van der Waals surface area (Å²) >= 11 is 5.85. The Hall–Kier alpha value is -2.53. The highest BCUT2D eigenvalue weighted by atomic mass is 35.5. The molecule has 2 aromatic rings. The molecule has 0 aromatic heterocycles. The summed E-state index contributed by atoms with van der Waals surface area (Å²) in [4.78, 5) is 11.2. The third-order valence-corrected chi connectivity index (χ3v) is 3.43. The summed E-state index contributed by atoms with van der Waals surface area (Å²) in [5, 5.41) is 4.69. The standard InChI is InChI=1S/C18H19ClN2O3/c1-3-23-18(22)21-20-13(2)15-6-10-17(11-7-15)24-12-14-4-8-16(19)9-5-14/h4-11H,3,12H2,1-2H3,(H,21,22)/b20-13-. The zero-order chi connectivity index (χ0) is 17.4. The van der Waals surface area contributed by atoms with Crippen LogP contribution < -0.4 is 10.2 Å². The first kappa shape index (κ1) is 17.8. The summed E-state index contributed by atoms with van der Waals surface area (Å²) in [6, 6.07) is 15.0. The lowest BCUT2D eigenvalue weighted by molar-refractivity contribution is 0.152. The fraction of sp³-hybridized carbons (Fsp3) is 0.222. The van der Waals surface area contributed by atoms with E-state index < -0.39 is 6.09 Å². The Bertz CT molecular complexity index is 697. The van der Waals surface area contributed by atoms with Crippen molar-refractivity contribution in [1.82, 2.24) is 5.43 Å². The number of carbonyl (C=O) groups is 1.